The zero-order valence-corrected chi connectivity index (χ0v) is 18.7. The van der Waals surface area contributed by atoms with Gasteiger partial charge in [-0.2, -0.15) is 0 Å². The third-order valence-electron chi connectivity index (χ3n) is 5.16. The van der Waals surface area contributed by atoms with Crippen molar-refractivity contribution >= 4 is 5.97 Å². The highest BCUT2D eigenvalue weighted by Gasteiger charge is 2.18. The summed E-state index contributed by atoms with van der Waals surface area (Å²) in [6, 6.07) is 12.2. The van der Waals surface area contributed by atoms with Crippen LogP contribution in [0.1, 0.15) is 23.6 Å². The van der Waals surface area contributed by atoms with Crippen molar-refractivity contribution in [3.05, 3.63) is 82.7 Å². The van der Waals surface area contributed by atoms with Crippen LogP contribution in [-0.2, 0) is 22.4 Å². The van der Waals surface area contributed by atoms with Gasteiger partial charge in [-0.1, -0.05) is 12.1 Å². The highest BCUT2D eigenvalue weighted by atomic mass is 19.1. The molecule has 0 aliphatic heterocycles. The van der Waals surface area contributed by atoms with Crippen LogP contribution in [0.15, 0.2) is 48.5 Å². The smallest absolute Gasteiger partial charge is 0.344 e. The van der Waals surface area contributed by atoms with Gasteiger partial charge in [0.2, 0.25) is 0 Å². The number of hydrogen-bond acceptors (Lipinski definition) is 4. The largest absolute Gasteiger partial charge is 0.496 e. The molecule has 0 N–H and O–H groups in total. The van der Waals surface area contributed by atoms with Crippen LogP contribution in [0.5, 0.6) is 11.5 Å². The molecule has 0 aliphatic carbocycles. The highest BCUT2D eigenvalue weighted by molar-refractivity contribution is 5.71. The molecule has 0 saturated carbocycles. The monoisotopic (exact) mass is 458 g/mol. The minimum Gasteiger partial charge on any atom is -0.496 e. The Labute approximate surface area is 190 Å². The van der Waals surface area contributed by atoms with Crippen molar-refractivity contribution in [1.29, 1.82) is 0 Å². The highest BCUT2D eigenvalue weighted by Crippen LogP contribution is 2.33. The van der Waals surface area contributed by atoms with Crippen LogP contribution in [0.25, 0.3) is 11.1 Å². The summed E-state index contributed by atoms with van der Waals surface area (Å²) in [5.74, 6) is -2.20. The van der Waals surface area contributed by atoms with E-state index in [1.54, 1.807) is 19.1 Å². The molecule has 0 unspecified atom stereocenters. The van der Waals surface area contributed by atoms with Gasteiger partial charge in [-0.25, -0.2) is 18.0 Å². The van der Waals surface area contributed by atoms with Gasteiger partial charge in [0.15, 0.2) is 18.2 Å². The molecule has 0 heterocycles. The lowest BCUT2D eigenvalue weighted by Crippen LogP contribution is -2.15. The summed E-state index contributed by atoms with van der Waals surface area (Å²) in [5.41, 5.74) is 2.85. The van der Waals surface area contributed by atoms with E-state index in [2.05, 4.69) is 0 Å². The molecule has 0 spiro atoms. The van der Waals surface area contributed by atoms with Gasteiger partial charge in [0, 0.05) is 5.56 Å². The van der Waals surface area contributed by atoms with Crippen molar-refractivity contribution in [3.8, 4) is 22.6 Å². The number of carbonyl (C=O) groups is 1. The van der Waals surface area contributed by atoms with Gasteiger partial charge < -0.3 is 14.2 Å². The lowest BCUT2D eigenvalue weighted by atomic mass is 9.95. The molecule has 0 radical (unpaired) electrons. The van der Waals surface area contributed by atoms with E-state index in [9.17, 15) is 18.0 Å². The van der Waals surface area contributed by atoms with Gasteiger partial charge in [-0.3, -0.25) is 0 Å². The van der Waals surface area contributed by atoms with Gasteiger partial charge in [0.1, 0.15) is 17.4 Å². The van der Waals surface area contributed by atoms with E-state index in [1.807, 2.05) is 19.1 Å². The number of benzene rings is 3. The number of aryl methyl sites for hydroxylation is 2. The second-order valence-electron chi connectivity index (χ2n) is 7.43. The Hall–Kier alpha value is -3.48. The van der Waals surface area contributed by atoms with Gasteiger partial charge in [0.25, 0.3) is 0 Å². The second-order valence-corrected chi connectivity index (χ2v) is 7.43. The topological polar surface area (TPSA) is 44.8 Å². The molecule has 3 aromatic rings. The third-order valence-corrected chi connectivity index (χ3v) is 5.16. The summed E-state index contributed by atoms with van der Waals surface area (Å²) < 4.78 is 58.5. The Morgan fingerprint density at radius 2 is 1.76 bits per heavy atom. The van der Waals surface area contributed by atoms with Crippen molar-refractivity contribution in [3.63, 3.8) is 0 Å². The van der Waals surface area contributed by atoms with Crippen molar-refractivity contribution in [2.45, 2.75) is 26.7 Å². The quantitative estimate of drug-likeness (QED) is 0.380. The van der Waals surface area contributed by atoms with Crippen molar-refractivity contribution in [1.82, 2.24) is 0 Å². The van der Waals surface area contributed by atoms with E-state index < -0.39 is 24.2 Å². The number of esters is 1. The molecule has 0 fully saturated rings. The lowest BCUT2D eigenvalue weighted by Gasteiger charge is -2.15. The first kappa shape index (κ1) is 24.2. The van der Waals surface area contributed by atoms with E-state index >= 15 is 0 Å². The first-order chi connectivity index (χ1) is 15.8. The first-order valence-corrected chi connectivity index (χ1v) is 10.5. The molecule has 0 atom stereocenters. The third kappa shape index (κ3) is 5.86. The number of methoxy groups -OCH3 is 1. The summed E-state index contributed by atoms with van der Waals surface area (Å²) in [4.78, 5) is 11.5. The van der Waals surface area contributed by atoms with Crippen LogP contribution < -0.4 is 9.47 Å². The number of carbonyl (C=O) groups excluding carboxylic acids is 1. The Balaban J connectivity index is 1.87. The number of rotatable bonds is 9. The van der Waals surface area contributed by atoms with Gasteiger partial charge in [-0.05, 0) is 85.3 Å². The van der Waals surface area contributed by atoms with Crippen LogP contribution in [0, 0.1) is 24.4 Å². The minimum absolute atomic E-state index is 0.0245. The molecule has 7 heteroatoms. The molecule has 33 heavy (non-hydrogen) atoms. The van der Waals surface area contributed by atoms with Crippen LogP contribution >= 0.6 is 0 Å². The SMILES string of the molecule is CCOC(=O)COc1ccc(F)c(CCc2cc(-c3cccc(F)c3)cc(C)c2OC)c1F. The predicted octanol–water partition coefficient (Wildman–Crippen LogP) is 5.82. The first-order valence-electron chi connectivity index (χ1n) is 10.5. The average molecular weight is 458 g/mol. The van der Waals surface area contributed by atoms with E-state index in [4.69, 9.17) is 14.2 Å². The summed E-state index contributed by atoms with van der Waals surface area (Å²) in [6.45, 7) is 3.21. The number of halogens is 3. The van der Waals surface area contributed by atoms with E-state index in [1.165, 1.54) is 19.2 Å². The zero-order valence-electron chi connectivity index (χ0n) is 18.7. The number of ether oxygens (including phenoxy) is 3. The second kappa shape index (κ2) is 10.9. The maximum atomic E-state index is 14.9. The summed E-state index contributed by atoms with van der Waals surface area (Å²) in [6.07, 6.45) is 0.291. The summed E-state index contributed by atoms with van der Waals surface area (Å²) in [5, 5.41) is 0. The van der Waals surface area contributed by atoms with Gasteiger partial charge in [0.05, 0.1) is 13.7 Å². The average Bonchev–Trinajstić information content (AvgIpc) is 2.78. The van der Waals surface area contributed by atoms with E-state index in [0.29, 0.717) is 11.3 Å². The Bertz CT molecular complexity index is 1140. The molecule has 0 saturated heterocycles. The van der Waals surface area contributed by atoms with Crippen molar-refractivity contribution in [2.75, 3.05) is 20.3 Å². The molecular weight excluding hydrogens is 433 g/mol. The lowest BCUT2D eigenvalue weighted by molar-refractivity contribution is -0.145. The standard InChI is InChI=1S/C26H25F3O4/c1-4-32-24(30)15-33-23-11-10-22(28)21(25(23)29)9-8-18-13-19(12-16(2)26(18)31-3)17-6-5-7-20(27)14-17/h5-7,10-14H,4,8-9,15H2,1-3H3. The Morgan fingerprint density at radius 1 is 0.970 bits per heavy atom. The Kier molecular flexibility index (Phi) is 7.98. The van der Waals surface area contributed by atoms with Gasteiger partial charge >= 0.3 is 5.97 Å². The predicted molar refractivity (Wildman–Crippen MR) is 119 cm³/mol. The van der Waals surface area contributed by atoms with E-state index in [-0.39, 0.29) is 36.6 Å². The molecule has 4 nitrogen and oxygen atoms in total. The molecular formula is C26H25F3O4. The molecule has 174 valence electrons. The van der Waals surface area contributed by atoms with Crippen LogP contribution in [0.3, 0.4) is 0 Å². The number of hydrogen-bond donors (Lipinski definition) is 0. The Morgan fingerprint density at radius 3 is 2.45 bits per heavy atom. The minimum atomic E-state index is -0.865. The fourth-order valence-corrected chi connectivity index (χ4v) is 3.68. The normalized spacial score (nSPS) is 10.7. The summed E-state index contributed by atoms with van der Waals surface area (Å²) in [7, 11) is 1.53. The maximum Gasteiger partial charge on any atom is 0.344 e. The molecule has 0 aliphatic rings. The molecule has 0 aromatic heterocycles. The van der Waals surface area contributed by atoms with E-state index in [0.717, 1.165) is 28.8 Å². The maximum absolute atomic E-state index is 14.9. The summed E-state index contributed by atoms with van der Waals surface area (Å²) >= 11 is 0. The van der Waals surface area contributed by atoms with Crippen LogP contribution in [0.2, 0.25) is 0 Å². The van der Waals surface area contributed by atoms with Crippen molar-refractivity contribution in [2.24, 2.45) is 0 Å². The van der Waals surface area contributed by atoms with Crippen LogP contribution in [-0.4, -0.2) is 26.3 Å². The fourth-order valence-electron chi connectivity index (χ4n) is 3.68. The molecule has 0 bridgehead atoms. The van der Waals surface area contributed by atoms with Crippen LogP contribution in [0.4, 0.5) is 13.2 Å². The molecule has 3 aromatic carbocycles. The molecule has 0 amide bonds. The van der Waals surface area contributed by atoms with Gasteiger partial charge in [-0.15, -0.1) is 0 Å². The van der Waals surface area contributed by atoms with Crippen molar-refractivity contribution < 1.29 is 32.2 Å². The zero-order chi connectivity index (χ0) is 24.0. The molecule has 3 rings (SSSR count). The fraction of sp³-hybridized carbons (Fsp3) is 0.269.